The molecule has 1 aromatic carbocycles. The lowest BCUT2D eigenvalue weighted by molar-refractivity contribution is 0.428. The molecule has 0 aliphatic rings. The van der Waals surface area contributed by atoms with Crippen molar-refractivity contribution in [2.45, 2.75) is 13.8 Å². The molecule has 0 radical (unpaired) electrons. The van der Waals surface area contributed by atoms with Gasteiger partial charge >= 0.3 is 0 Å². The van der Waals surface area contributed by atoms with Gasteiger partial charge in [-0.15, -0.1) is 0 Å². The zero-order valence-corrected chi connectivity index (χ0v) is 13.6. The van der Waals surface area contributed by atoms with Crippen molar-refractivity contribution in [2.24, 2.45) is 0 Å². The summed E-state index contributed by atoms with van der Waals surface area (Å²) in [5, 5.41) is 4.06. The molecule has 0 fully saturated rings. The second-order valence-electron chi connectivity index (χ2n) is 5.57. The molecule has 25 heavy (non-hydrogen) atoms. The van der Waals surface area contributed by atoms with Crippen LogP contribution in [0.1, 0.15) is 11.4 Å². The third-order valence-electron chi connectivity index (χ3n) is 3.95. The maximum Gasteiger partial charge on any atom is 0.247 e. The highest BCUT2D eigenvalue weighted by atomic mass is 19.1. The van der Waals surface area contributed by atoms with Crippen molar-refractivity contribution in [1.29, 1.82) is 0 Å². The van der Waals surface area contributed by atoms with Gasteiger partial charge in [-0.3, -0.25) is 0 Å². The van der Waals surface area contributed by atoms with Crippen LogP contribution in [0.2, 0.25) is 0 Å². The zero-order chi connectivity index (χ0) is 17.4. The fraction of sp³-hybridized carbons (Fsp3) is 0.111. The van der Waals surface area contributed by atoms with E-state index in [1.54, 1.807) is 28.9 Å². The molecular weight excluding hydrogens is 321 g/mol. The Hall–Kier alpha value is -3.35. The molecular formula is C18H14FN5O. The second kappa shape index (κ2) is 5.94. The maximum atomic E-state index is 14.6. The standard InChI is InChI=1S/C18H14FN5O/c1-11-17(12(2)21-9-20-11)13-5-6-16(14(19)8-13)25-18-15-4-3-7-24(15)23-10-22-18/h3-10H,1-2H3. The van der Waals surface area contributed by atoms with Gasteiger partial charge < -0.3 is 4.74 Å². The van der Waals surface area contributed by atoms with Crippen molar-refractivity contribution >= 4 is 5.52 Å². The van der Waals surface area contributed by atoms with Crippen LogP contribution in [-0.2, 0) is 0 Å². The molecule has 124 valence electrons. The van der Waals surface area contributed by atoms with Crippen LogP contribution in [-0.4, -0.2) is 24.6 Å². The van der Waals surface area contributed by atoms with E-state index in [1.165, 1.54) is 18.7 Å². The van der Waals surface area contributed by atoms with E-state index in [9.17, 15) is 4.39 Å². The molecule has 0 saturated carbocycles. The lowest BCUT2D eigenvalue weighted by atomic mass is 10.0. The normalized spacial score (nSPS) is 11.0. The van der Waals surface area contributed by atoms with E-state index >= 15 is 0 Å². The number of hydrogen-bond acceptors (Lipinski definition) is 5. The Labute approximate surface area is 143 Å². The van der Waals surface area contributed by atoms with Gasteiger partial charge in [-0.2, -0.15) is 10.1 Å². The summed E-state index contributed by atoms with van der Waals surface area (Å²) in [5.41, 5.74) is 3.78. The number of aryl methyl sites for hydroxylation is 2. The Bertz CT molecular complexity index is 1060. The lowest BCUT2D eigenvalue weighted by Gasteiger charge is -2.11. The minimum absolute atomic E-state index is 0.0951. The average molecular weight is 335 g/mol. The first-order chi connectivity index (χ1) is 12.1. The molecule has 0 N–H and O–H groups in total. The summed E-state index contributed by atoms with van der Waals surface area (Å²) in [6.07, 6.45) is 4.63. The van der Waals surface area contributed by atoms with Crippen molar-refractivity contribution in [3.63, 3.8) is 0 Å². The van der Waals surface area contributed by atoms with E-state index < -0.39 is 5.82 Å². The van der Waals surface area contributed by atoms with Crippen LogP contribution in [0, 0.1) is 19.7 Å². The van der Waals surface area contributed by atoms with Crippen molar-refractivity contribution in [3.8, 4) is 22.8 Å². The molecule has 3 aromatic heterocycles. The van der Waals surface area contributed by atoms with Crippen LogP contribution < -0.4 is 4.74 Å². The Morgan fingerprint density at radius 3 is 2.56 bits per heavy atom. The number of halogens is 1. The number of hydrogen-bond donors (Lipinski definition) is 0. The monoisotopic (exact) mass is 335 g/mol. The van der Waals surface area contributed by atoms with Gasteiger partial charge in [0.15, 0.2) is 11.6 Å². The van der Waals surface area contributed by atoms with Gasteiger partial charge in [0.05, 0.1) is 0 Å². The molecule has 0 amide bonds. The predicted molar refractivity (Wildman–Crippen MR) is 90.0 cm³/mol. The minimum atomic E-state index is -0.483. The largest absolute Gasteiger partial charge is 0.434 e. The van der Waals surface area contributed by atoms with Gasteiger partial charge in [-0.1, -0.05) is 6.07 Å². The summed E-state index contributed by atoms with van der Waals surface area (Å²) in [5.74, 6) is -0.0942. The molecule has 0 spiro atoms. The first kappa shape index (κ1) is 15.2. The number of benzene rings is 1. The lowest BCUT2D eigenvalue weighted by Crippen LogP contribution is -1.98. The summed E-state index contributed by atoms with van der Waals surface area (Å²) in [4.78, 5) is 12.4. The van der Waals surface area contributed by atoms with E-state index in [1.807, 2.05) is 19.9 Å². The van der Waals surface area contributed by atoms with Crippen molar-refractivity contribution in [2.75, 3.05) is 0 Å². The van der Waals surface area contributed by atoms with Crippen molar-refractivity contribution in [1.82, 2.24) is 24.6 Å². The van der Waals surface area contributed by atoms with Crippen LogP contribution >= 0.6 is 0 Å². The highest BCUT2D eigenvalue weighted by Gasteiger charge is 2.13. The fourth-order valence-electron chi connectivity index (χ4n) is 2.78. The van der Waals surface area contributed by atoms with Crippen LogP contribution in [0.4, 0.5) is 4.39 Å². The summed E-state index contributed by atoms with van der Waals surface area (Å²) < 4.78 is 21.9. The number of rotatable bonds is 3. The SMILES string of the molecule is Cc1ncnc(C)c1-c1ccc(Oc2ncnn3cccc23)c(F)c1. The molecule has 4 aromatic rings. The first-order valence-corrected chi connectivity index (χ1v) is 7.68. The Morgan fingerprint density at radius 2 is 1.80 bits per heavy atom. The Morgan fingerprint density at radius 1 is 1.00 bits per heavy atom. The van der Waals surface area contributed by atoms with Crippen molar-refractivity contribution < 1.29 is 9.13 Å². The van der Waals surface area contributed by atoms with E-state index in [0.717, 1.165) is 17.0 Å². The number of aromatic nitrogens is 5. The van der Waals surface area contributed by atoms with Gasteiger partial charge in [-0.25, -0.2) is 18.9 Å². The highest BCUT2D eigenvalue weighted by Crippen LogP contribution is 2.31. The topological polar surface area (TPSA) is 65.2 Å². The van der Waals surface area contributed by atoms with Crippen LogP contribution in [0.15, 0.2) is 49.2 Å². The van der Waals surface area contributed by atoms with Crippen molar-refractivity contribution in [3.05, 3.63) is 66.4 Å². The third-order valence-corrected chi connectivity index (χ3v) is 3.95. The molecule has 0 atom stereocenters. The number of fused-ring (bicyclic) bond motifs is 1. The van der Waals surface area contributed by atoms with Gasteiger partial charge in [0.1, 0.15) is 18.2 Å². The molecule has 0 bridgehead atoms. The minimum Gasteiger partial charge on any atom is -0.434 e. The summed E-state index contributed by atoms with van der Waals surface area (Å²) in [6, 6.07) is 8.41. The van der Waals surface area contributed by atoms with E-state index in [4.69, 9.17) is 4.74 Å². The Balaban J connectivity index is 1.72. The average Bonchev–Trinajstić information content (AvgIpc) is 3.07. The summed E-state index contributed by atoms with van der Waals surface area (Å²) >= 11 is 0. The summed E-state index contributed by atoms with van der Waals surface area (Å²) in [7, 11) is 0. The van der Waals surface area contributed by atoms with E-state index in [0.29, 0.717) is 17.0 Å². The van der Waals surface area contributed by atoms with Crippen LogP contribution in [0.25, 0.3) is 16.6 Å². The smallest absolute Gasteiger partial charge is 0.247 e. The number of ether oxygens (including phenoxy) is 1. The highest BCUT2D eigenvalue weighted by molar-refractivity contribution is 5.69. The van der Waals surface area contributed by atoms with Gasteiger partial charge in [0.2, 0.25) is 5.88 Å². The maximum absolute atomic E-state index is 14.6. The molecule has 6 nitrogen and oxygen atoms in total. The molecule has 0 aliphatic heterocycles. The number of nitrogens with zero attached hydrogens (tertiary/aromatic N) is 5. The second-order valence-corrected chi connectivity index (χ2v) is 5.57. The van der Waals surface area contributed by atoms with Gasteiger partial charge in [0, 0.05) is 23.1 Å². The quantitative estimate of drug-likeness (QED) is 0.571. The molecule has 4 rings (SSSR count). The Kier molecular flexibility index (Phi) is 3.61. The predicted octanol–water partition coefficient (Wildman–Crippen LogP) is 3.73. The molecule has 7 heteroatoms. The van der Waals surface area contributed by atoms with E-state index in [2.05, 4.69) is 20.1 Å². The molecule has 0 saturated heterocycles. The molecule has 3 heterocycles. The molecule has 0 aliphatic carbocycles. The van der Waals surface area contributed by atoms with Gasteiger partial charge in [0.25, 0.3) is 0 Å². The van der Waals surface area contributed by atoms with E-state index in [-0.39, 0.29) is 5.75 Å². The third kappa shape index (κ3) is 2.69. The molecule has 0 unspecified atom stereocenters. The van der Waals surface area contributed by atoms with Crippen LogP contribution in [0.5, 0.6) is 11.6 Å². The van der Waals surface area contributed by atoms with Gasteiger partial charge in [-0.05, 0) is 43.7 Å². The first-order valence-electron chi connectivity index (χ1n) is 7.68. The zero-order valence-electron chi connectivity index (χ0n) is 13.6. The van der Waals surface area contributed by atoms with Crippen LogP contribution in [0.3, 0.4) is 0 Å². The summed E-state index contributed by atoms with van der Waals surface area (Å²) in [6.45, 7) is 3.74. The fourth-order valence-corrected chi connectivity index (χ4v) is 2.78.